The van der Waals surface area contributed by atoms with E-state index in [9.17, 15) is 9.18 Å². The first-order valence-corrected chi connectivity index (χ1v) is 6.10. The Morgan fingerprint density at radius 3 is 3.00 bits per heavy atom. The molecule has 2 rings (SSSR count). The number of carbonyl (C=O) groups is 1. The number of carbonyl (C=O) groups excluding carboxylic acids is 1. The Bertz CT molecular complexity index is 592. The Hall–Kier alpha value is -2.01. The largest absolute Gasteiger partial charge is 0.335 e. The molecule has 19 heavy (non-hydrogen) atoms. The van der Waals surface area contributed by atoms with Gasteiger partial charge in [-0.1, -0.05) is 6.07 Å². The second-order valence-electron chi connectivity index (χ2n) is 4.46. The predicted octanol–water partition coefficient (Wildman–Crippen LogP) is 1.71. The number of benzene rings is 1. The highest BCUT2D eigenvalue weighted by atomic mass is 19.1. The molecule has 0 aliphatic rings. The van der Waals surface area contributed by atoms with E-state index in [1.165, 1.54) is 12.1 Å². The number of rotatable bonds is 5. The van der Waals surface area contributed by atoms with E-state index in [-0.39, 0.29) is 18.0 Å². The zero-order valence-corrected chi connectivity index (χ0v) is 10.8. The molecular formula is C14H16FN3O. The maximum Gasteiger partial charge on any atom is 0.187 e. The number of nitrogens with two attached hydrogens (primary N) is 1. The summed E-state index contributed by atoms with van der Waals surface area (Å²) in [6, 6.07) is 4.45. The lowest BCUT2D eigenvalue weighted by Crippen LogP contribution is -2.08. The van der Waals surface area contributed by atoms with Gasteiger partial charge in [0.15, 0.2) is 5.78 Å². The number of ketones is 1. The summed E-state index contributed by atoms with van der Waals surface area (Å²) in [5.41, 5.74) is 7.41. The number of hydrogen-bond donors (Lipinski definition) is 1. The maximum absolute atomic E-state index is 13.2. The number of aromatic nitrogens is 2. The van der Waals surface area contributed by atoms with Crippen molar-refractivity contribution in [3.8, 4) is 0 Å². The van der Waals surface area contributed by atoms with Crippen LogP contribution in [0, 0.1) is 12.7 Å². The summed E-state index contributed by atoms with van der Waals surface area (Å²) in [6.07, 6.45) is 3.41. The zero-order chi connectivity index (χ0) is 13.8. The van der Waals surface area contributed by atoms with Crippen LogP contribution in [0.4, 0.5) is 4.39 Å². The Morgan fingerprint density at radius 1 is 1.47 bits per heavy atom. The molecule has 1 aromatic heterocycles. The summed E-state index contributed by atoms with van der Waals surface area (Å²) in [4.78, 5) is 16.1. The van der Waals surface area contributed by atoms with Gasteiger partial charge in [-0.05, 0) is 30.2 Å². The lowest BCUT2D eigenvalue weighted by molar-refractivity contribution is 0.0988. The monoisotopic (exact) mass is 261 g/mol. The van der Waals surface area contributed by atoms with Crippen molar-refractivity contribution < 1.29 is 9.18 Å². The highest BCUT2D eigenvalue weighted by molar-refractivity contribution is 5.95. The van der Waals surface area contributed by atoms with Gasteiger partial charge in [0.1, 0.15) is 11.5 Å². The highest BCUT2D eigenvalue weighted by Gasteiger charge is 2.12. The van der Waals surface area contributed by atoms with Crippen LogP contribution in [-0.2, 0) is 13.0 Å². The molecule has 0 aliphatic heterocycles. The molecule has 0 bridgehead atoms. The van der Waals surface area contributed by atoms with Gasteiger partial charge in [-0.3, -0.25) is 4.79 Å². The standard InChI is InChI=1S/C14H16FN3O/c1-10-2-3-12(15)6-11(10)7-14(19)13-8-18(5-4-16)9-17-13/h2-3,6,8-9H,4-5,7,16H2,1H3. The van der Waals surface area contributed by atoms with Crippen molar-refractivity contribution in [2.45, 2.75) is 19.9 Å². The smallest absolute Gasteiger partial charge is 0.187 e. The van der Waals surface area contributed by atoms with Gasteiger partial charge in [0.2, 0.25) is 0 Å². The molecule has 2 N–H and O–H groups in total. The molecule has 0 saturated carbocycles. The average molecular weight is 261 g/mol. The molecule has 0 radical (unpaired) electrons. The minimum atomic E-state index is -0.331. The molecule has 4 nitrogen and oxygen atoms in total. The van der Waals surface area contributed by atoms with Crippen LogP contribution in [0.2, 0.25) is 0 Å². The maximum atomic E-state index is 13.2. The van der Waals surface area contributed by atoms with Crippen molar-refractivity contribution in [3.63, 3.8) is 0 Å². The Balaban J connectivity index is 2.13. The number of nitrogens with zero attached hydrogens (tertiary/aromatic N) is 2. The van der Waals surface area contributed by atoms with E-state index in [0.717, 1.165) is 5.56 Å². The summed E-state index contributed by atoms with van der Waals surface area (Å²) in [7, 11) is 0. The third kappa shape index (κ3) is 3.26. The molecule has 2 aromatic rings. The molecule has 5 heteroatoms. The minimum absolute atomic E-state index is 0.121. The third-order valence-electron chi connectivity index (χ3n) is 2.97. The fourth-order valence-corrected chi connectivity index (χ4v) is 1.87. The van der Waals surface area contributed by atoms with E-state index in [1.807, 2.05) is 6.92 Å². The normalized spacial score (nSPS) is 10.7. The minimum Gasteiger partial charge on any atom is -0.335 e. The molecule has 1 aromatic carbocycles. The van der Waals surface area contributed by atoms with E-state index in [1.54, 1.807) is 23.2 Å². The molecule has 0 saturated heterocycles. The van der Waals surface area contributed by atoms with Crippen molar-refractivity contribution in [1.29, 1.82) is 0 Å². The van der Waals surface area contributed by atoms with Gasteiger partial charge in [-0.25, -0.2) is 9.37 Å². The van der Waals surface area contributed by atoms with Crippen LogP contribution in [0.5, 0.6) is 0 Å². The number of halogens is 1. The number of imidazole rings is 1. The van der Waals surface area contributed by atoms with E-state index in [0.29, 0.717) is 24.3 Å². The number of Topliss-reactive ketones (excluding diaryl/α,β-unsaturated/α-hetero) is 1. The van der Waals surface area contributed by atoms with Gasteiger partial charge >= 0.3 is 0 Å². The van der Waals surface area contributed by atoms with Crippen molar-refractivity contribution in [2.75, 3.05) is 6.54 Å². The second kappa shape index (κ2) is 5.75. The van der Waals surface area contributed by atoms with Crippen LogP contribution >= 0.6 is 0 Å². The highest BCUT2D eigenvalue weighted by Crippen LogP contribution is 2.13. The SMILES string of the molecule is Cc1ccc(F)cc1CC(=O)c1cn(CCN)cn1. The van der Waals surface area contributed by atoms with Gasteiger partial charge < -0.3 is 10.3 Å². The predicted molar refractivity (Wildman–Crippen MR) is 70.5 cm³/mol. The summed E-state index contributed by atoms with van der Waals surface area (Å²) in [5.74, 6) is -0.452. The second-order valence-corrected chi connectivity index (χ2v) is 4.46. The molecule has 0 unspecified atom stereocenters. The van der Waals surface area contributed by atoms with Gasteiger partial charge in [-0.15, -0.1) is 0 Å². The van der Waals surface area contributed by atoms with Gasteiger partial charge in [-0.2, -0.15) is 0 Å². The number of hydrogen-bond acceptors (Lipinski definition) is 3. The van der Waals surface area contributed by atoms with Crippen LogP contribution in [0.25, 0.3) is 0 Å². The van der Waals surface area contributed by atoms with Crippen LogP contribution < -0.4 is 5.73 Å². The summed E-state index contributed by atoms with van der Waals surface area (Å²) in [5, 5.41) is 0. The first-order valence-electron chi connectivity index (χ1n) is 6.10. The fourth-order valence-electron chi connectivity index (χ4n) is 1.87. The van der Waals surface area contributed by atoms with Crippen LogP contribution in [-0.4, -0.2) is 21.9 Å². The third-order valence-corrected chi connectivity index (χ3v) is 2.97. The first kappa shape index (κ1) is 13.4. The topological polar surface area (TPSA) is 60.9 Å². The lowest BCUT2D eigenvalue weighted by atomic mass is 10.0. The van der Waals surface area contributed by atoms with Crippen LogP contribution in [0.3, 0.4) is 0 Å². The molecular weight excluding hydrogens is 245 g/mol. The van der Waals surface area contributed by atoms with Crippen LogP contribution in [0.15, 0.2) is 30.7 Å². The lowest BCUT2D eigenvalue weighted by Gasteiger charge is -2.04. The summed E-state index contributed by atoms with van der Waals surface area (Å²) < 4.78 is 14.9. The van der Waals surface area contributed by atoms with Crippen LogP contribution in [0.1, 0.15) is 21.6 Å². The van der Waals surface area contributed by atoms with E-state index in [4.69, 9.17) is 5.73 Å². The van der Waals surface area contributed by atoms with Gasteiger partial charge in [0, 0.05) is 25.7 Å². The molecule has 0 atom stereocenters. The molecule has 0 aliphatic carbocycles. The van der Waals surface area contributed by atoms with Gasteiger partial charge in [0.25, 0.3) is 0 Å². The van der Waals surface area contributed by atoms with Gasteiger partial charge in [0.05, 0.1) is 6.33 Å². The average Bonchev–Trinajstić information content (AvgIpc) is 2.83. The zero-order valence-electron chi connectivity index (χ0n) is 10.8. The van der Waals surface area contributed by atoms with E-state index in [2.05, 4.69) is 4.98 Å². The molecule has 0 amide bonds. The fraction of sp³-hybridized carbons (Fsp3) is 0.286. The summed E-state index contributed by atoms with van der Waals surface area (Å²) in [6.45, 7) is 2.97. The first-order chi connectivity index (χ1) is 9.10. The Labute approximate surface area is 111 Å². The van der Waals surface area contributed by atoms with E-state index >= 15 is 0 Å². The quantitative estimate of drug-likeness (QED) is 0.833. The van der Waals surface area contributed by atoms with Crippen molar-refractivity contribution in [3.05, 3.63) is 53.4 Å². The Kier molecular flexibility index (Phi) is 4.06. The van der Waals surface area contributed by atoms with Crippen molar-refractivity contribution in [2.24, 2.45) is 5.73 Å². The molecule has 100 valence electrons. The molecule has 0 spiro atoms. The Morgan fingerprint density at radius 2 is 2.26 bits per heavy atom. The molecule has 1 heterocycles. The van der Waals surface area contributed by atoms with Crippen molar-refractivity contribution >= 4 is 5.78 Å². The van der Waals surface area contributed by atoms with E-state index < -0.39 is 0 Å². The number of aryl methyl sites for hydroxylation is 1. The summed E-state index contributed by atoms with van der Waals surface area (Å²) >= 11 is 0. The molecule has 0 fully saturated rings. The van der Waals surface area contributed by atoms with Crippen molar-refractivity contribution in [1.82, 2.24) is 9.55 Å².